The zero-order chi connectivity index (χ0) is 16.6. The van der Waals surface area contributed by atoms with Crippen molar-refractivity contribution in [2.45, 2.75) is 33.0 Å². The van der Waals surface area contributed by atoms with E-state index in [1.165, 1.54) is 0 Å². The molecule has 1 aliphatic rings. The first kappa shape index (κ1) is 15.7. The molecule has 3 rings (SSSR count). The monoisotopic (exact) mass is 325 g/mol. The van der Waals surface area contributed by atoms with Crippen LogP contribution in [0.1, 0.15) is 30.5 Å². The van der Waals surface area contributed by atoms with E-state index < -0.39 is 0 Å². The molecule has 0 saturated heterocycles. The van der Waals surface area contributed by atoms with Crippen molar-refractivity contribution in [1.29, 1.82) is 5.26 Å². The lowest BCUT2D eigenvalue weighted by atomic mass is 9.91. The first-order valence-electron chi connectivity index (χ1n) is 7.68. The second-order valence-electron chi connectivity index (χ2n) is 6.10. The fourth-order valence-electron chi connectivity index (χ4n) is 3.00. The van der Waals surface area contributed by atoms with Crippen molar-refractivity contribution in [3.05, 3.63) is 51.7 Å². The van der Waals surface area contributed by atoms with E-state index in [0.717, 1.165) is 16.8 Å². The predicted molar refractivity (Wildman–Crippen MR) is 92.8 cm³/mol. The number of aromatic nitrogens is 1. The zero-order valence-corrected chi connectivity index (χ0v) is 14.1. The smallest absolute Gasteiger partial charge is 0.127 e. The Hall–Kier alpha value is -2.16. The summed E-state index contributed by atoms with van der Waals surface area (Å²) < 4.78 is 8.35. The molecule has 2 heterocycles. The first-order chi connectivity index (χ1) is 11.0. The number of nitrogen functional groups attached to an aromatic ring is 1. The van der Waals surface area contributed by atoms with Gasteiger partial charge in [-0.15, -0.1) is 0 Å². The highest BCUT2D eigenvalue weighted by molar-refractivity contribution is 7.71. The molecular weight excluding hydrogens is 306 g/mol. The van der Waals surface area contributed by atoms with Crippen LogP contribution in [0, 0.1) is 21.9 Å². The maximum Gasteiger partial charge on any atom is 0.127 e. The molecule has 0 spiro atoms. The van der Waals surface area contributed by atoms with Crippen LogP contribution in [-0.4, -0.2) is 10.7 Å². The summed E-state index contributed by atoms with van der Waals surface area (Å²) in [6.45, 7) is 4.67. The Bertz CT molecular complexity index is 834. The topological polar surface area (TPSA) is 64.0 Å². The SMILES string of the molecule is CC(C)[C@H]1Cc2c(C#N)c(N)n(-c3ccccc3)c(=S)c2CO1. The summed E-state index contributed by atoms with van der Waals surface area (Å²) in [6, 6.07) is 11.9. The predicted octanol–water partition coefficient (Wildman–Crippen LogP) is 3.76. The summed E-state index contributed by atoms with van der Waals surface area (Å²) in [5.74, 6) is 0.790. The van der Waals surface area contributed by atoms with Crippen LogP contribution in [-0.2, 0) is 17.8 Å². The van der Waals surface area contributed by atoms with Crippen LogP contribution in [0.2, 0.25) is 0 Å². The first-order valence-corrected chi connectivity index (χ1v) is 8.08. The highest BCUT2D eigenvalue weighted by Gasteiger charge is 2.28. The summed E-state index contributed by atoms with van der Waals surface area (Å²) in [7, 11) is 0. The standard InChI is InChI=1S/C18H19N3OS/c1-11(2)16-8-13-14(9-19)17(20)21(12-6-4-3-5-7-12)18(23)15(13)10-22-16/h3-7,11,16H,8,10,20H2,1-2H3/t16-/m1/s1. The molecule has 1 aromatic carbocycles. The Balaban J connectivity index is 2.25. The van der Waals surface area contributed by atoms with Gasteiger partial charge in [0.1, 0.15) is 16.5 Å². The van der Waals surface area contributed by atoms with Crippen LogP contribution in [0.25, 0.3) is 5.69 Å². The van der Waals surface area contributed by atoms with Gasteiger partial charge in [0.25, 0.3) is 0 Å². The number of rotatable bonds is 2. The van der Waals surface area contributed by atoms with Gasteiger partial charge in [0, 0.05) is 17.7 Å². The van der Waals surface area contributed by atoms with Gasteiger partial charge in [0.05, 0.1) is 18.3 Å². The van der Waals surface area contributed by atoms with Crippen LogP contribution in [0.4, 0.5) is 5.82 Å². The van der Waals surface area contributed by atoms with Gasteiger partial charge < -0.3 is 10.5 Å². The summed E-state index contributed by atoms with van der Waals surface area (Å²) in [4.78, 5) is 0. The molecule has 0 bridgehead atoms. The van der Waals surface area contributed by atoms with Crippen LogP contribution >= 0.6 is 12.2 Å². The number of para-hydroxylation sites is 1. The molecule has 2 N–H and O–H groups in total. The van der Waals surface area contributed by atoms with Gasteiger partial charge in [-0.1, -0.05) is 44.3 Å². The van der Waals surface area contributed by atoms with Gasteiger partial charge in [-0.25, -0.2) is 0 Å². The third-order valence-electron chi connectivity index (χ3n) is 4.34. The molecule has 23 heavy (non-hydrogen) atoms. The summed E-state index contributed by atoms with van der Waals surface area (Å²) >= 11 is 5.65. The van der Waals surface area contributed by atoms with E-state index in [9.17, 15) is 5.26 Å². The molecule has 2 aromatic rings. The Morgan fingerprint density at radius 1 is 1.30 bits per heavy atom. The average Bonchev–Trinajstić information content (AvgIpc) is 2.56. The fraction of sp³-hybridized carbons (Fsp3) is 0.333. The molecule has 118 valence electrons. The summed E-state index contributed by atoms with van der Waals surface area (Å²) in [5.41, 5.74) is 9.55. The summed E-state index contributed by atoms with van der Waals surface area (Å²) in [6.07, 6.45) is 0.773. The van der Waals surface area contributed by atoms with Crippen LogP contribution in [0.5, 0.6) is 0 Å². The van der Waals surface area contributed by atoms with E-state index in [1.54, 1.807) is 4.57 Å². The van der Waals surface area contributed by atoms with Crippen molar-refractivity contribution < 1.29 is 4.74 Å². The molecule has 0 unspecified atom stereocenters. The number of nitrogens with zero attached hydrogens (tertiary/aromatic N) is 2. The maximum atomic E-state index is 9.64. The average molecular weight is 325 g/mol. The minimum atomic E-state index is 0.0935. The number of benzene rings is 1. The zero-order valence-electron chi connectivity index (χ0n) is 13.2. The van der Waals surface area contributed by atoms with E-state index in [0.29, 0.717) is 35.0 Å². The lowest BCUT2D eigenvalue weighted by Gasteiger charge is -2.30. The van der Waals surface area contributed by atoms with Gasteiger partial charge in [0.15, 0.2) is 0 Å². The minimum Gasteiger partial charge on any atom is -0.384 e. The minimum absolute atomic E-state index is 0.0935. The van der Waals surface area contributed by atoms with E-state index in [4.69, 9.17) is 22.7 Å². The highest BCUT2D eigenvalue weighted by atomic mass is 32.1. The Labute approximate surface area is 141 Å². The third kappa shape index (κ3) is 2.65. The number of hydrogen-bond donors (Lipinski definition) is 1. The molecule has 5 heteroatoms. The van der Waals surface area contributed by atoms with Crippen LogP contribution < -0.4 is 5.73 Å². The molecular formula is C18H19N3OS. The highest BCUT2D eigenvalue weighted by Crippen LogP contribution is 2.32. The van der Waals surface area contributed by atoms with Gasteiger partial charge in [-0.3, -0.25) is 4.57 Å². The second-order valence-corrected chi connectivity index (χ2v) is 6.49. The number of fused-ring (bicyclic) bond motifs is 1. The molecule has 0 aliphatic carbocycles. The molecule has 1 atom stereocenters. The number of anilines is 1. The molecule has 0 amide bonds. The van der Waals surface area contributed by atoms with Crippen molar-refractivity contribution in [2.75, 3.05) is 5.73 Å². The van der Waals surface area contributed by atoms with Crippen molar-refractivity contribution >= 4 is 18.0 Å². The quantitative estimate of drug-likeness (QED) is 0.854. The third-order valence-corrected chi connectivity index (χ3v) is 4.77. The van der Waals surface area contributed by atoms with Gasteiger partial charge in [0.2, 0.25) is 0 Å². The van der Waals surface area contributed by atoms with E-state index >= 15 is 0 Å². The molecule has 0 saturated carbocycles. The lowest BCUT2D eigenvalue weighted by Crippen LogP contribution is -2.29. The van der Waals surface area contributed by atoms with E-state index in [-0.39, 0.29) is 6.10 Å². The lowest BCUT2D eigenvalue weighted by molar-refractivity contribution is -0.000853. The number of pyridine rings is 1. The van der Waals surface area contributed by atoms with Crippen molar-refractivity contribution in [3.8, 4) is 11.8 Å². The molecule has 1 aromatic heterocycles. The number of hydrogen-bond acceptors (Lipinski definition) is 4. The van der Waals surface area contributed by atoms with Crippen LogP contribution in [0.15, 0.2) is 30.3 Å². The second kappa shape index (κ2) is 6.15. The number of nitrogens with two attached hydrogens (primary N) is 1. The Morgan fingerprint density at radius 3 is 2.61 bits per heavy atom. The van der Waals surface area contributed by atoms with Crippen molar-refractivity contribution in [3.63, 3.8) is 0 Å². The fourth-order valence-corrected chi connectivity index (χ4v) is 3.39. The Kier molecular flexibility index (Phi) is 4.20. The molecule has 0 fully saturated rings. The molecule has 0 radical (unpaired) electrons. The largest absolute Gasteiger partial charge is 0.384 e. The molecule has 4 nitrogen and oxygen atoms in total. The normalized spacial score (nSPS) is 16.9. The number of ether oxygens (including phenoxy) is 1. The van der Waals surface area contributed by atoms with Crippen molar-refractivity contribution in [2.24, 2.45) is 5.92 Å². The van der Waals surface area contributed by atoms with Crippen molar-refractivity contribution in [1.82, 2.24) is 4.57 Å². The van der Waals surface area contributed by atoms with Gasteiger partial charge >= 0.3 is 0 Å². The van der Waals surface area contributed by atoms with Gasteiger partial charge in [-0.2, -0.15) is 5.26 Å². The maximum absolute atomic E-state index is 9.64. The van der Waals surface area contributed by atoms with E-state index in [1.807, 2.05) is 30.3 Å². The number of nitriles is 1. The van der Waals surface area contributed by atoms with E-state index in [2.05, 4.69) is 19.9 Å². The molecule has 1 aliphatic heterocycles. The summed E-state index contributed by atoms with van der Waals surface area (Å²) in [5, 5.41) is 9.64. The van der Waals surface area contributed by atoms with Gasteiger partial charge in [-0.05, 0) is 23.6 Å². The van der Waals surface area contributed by atoms with Crippen LogP contribution in [0.3, 0.4) is 0 Å². The Morgan fingerprint density at radius 2 is 2.00 bits per heavy atom.